The van der Waals surface area contributed by atoms with Crippen LogP contribution in [0.3, 0.4) is 0 Å². The van der Waals surface area contributed by atoms with Gasteiger partial charge in [0.25, 0.3) is 0 Å². The number of rotatable bonds is 1. The largest absolute Gasteiger partial charge is 0.465 e. The number of hydrogen-bond donors (Lipinski definition) is 0. The van der Waals surface area contributed by atoms with Gasteiger partial charge in [-0.15, -0.1) is 0 Å². The highest BCUT2D eigenvalue weighted by Crippen LogP contribution is 2.40. The second-order valence-electron chi connectivity index (χ2n) is 3.80. The minimum Gasteiger partial charge on any atom is -0.465 e. The van der Waals surface area contributed by atoms with Crippen molar-refractivity contribution < 1.29 is 9.53 Å². The molecule has 0 saturated carbocycles. The first-order chi connectivity index (χ1) is 8.33. The van der Waals surface area contributed by atoms with Crippen LogP contribution in [0.15, 0.2) is 41.1 Å². The molecule has 0 saturated heterocycles. The Morgan fingerprint density at radius 3 is 2.53 bits per heavy atom. The summed E-state index contributed by atoms with van der Waals surface area (Å²) in [5.41, 5.74) is 2.74. The van der Waals surface area contributed by atoms with Crippen molar-refractivity contribution in [2.75, 3.05) is 7.11 Å². The number of fused-ring (bicyclic) bond motifs is 3. The van der Waals surface area contributed by atoms with Gasteiger partial charge in [0.15, 0.2) is 0 Å². The molecular formula is C14H10O2S. The fourth-order valence-electron chi connectivity index (χ4n) is 2.17. The molecule has 17 heavy (non-hydrogen) atoms. The van der Waals surface area contributed by atoms with E-state index in [0.717, 1.165) is 21.9 Å². The van der Waals surface area contributed by atoms with Gasteiger partial charge in [0.1, 0.15) is 0 Å². The van der Waals surface area contributed by atoms with Crippen molar-refractivity contribution in [1.29, 1.82) is 0 Å². The predicted octanol–water partition coefficient (Wildman–Crippen LogP) is 3.79. The van der Waals surface area contributed by atoms with Crippen LogP contribution in [-0.2, 0) is 4.74 Å². The van der Waals surface area contributed by atoms with Crippen LogP contribution in [0.4, 0.5) is 0 Å². The Labute approximate surface area is 103 Å². The summed E-state index contributed by atoms with van der Waals surface area (Å²) in [5, 5.41) is 6.19. The van der Waals surface area contributed by atoms with E-state index in [4.69, 9.17) is 4.74 Å². The lowest BCUT2D eigenvalue weighted by molar-refractivity contribution is 0.0604. The standard InChI is InChI=1S/C14H10O2S/c1-16-14(15)13-10-6-4-2-3-5-9(10)11-7-17-8-12(11)13/h2-8H,1H3. The summed E-state index contributed by atoms with van der Waals surface area (Å²) in [7, 11) is 1.42. The lowest BCUT2D eigenvalue weighted by Crippen LogP contribution is -2.00. The van der Waals surface area contributed by atoms with E-state index in [-0.39, 0.29) is 5.97 Å². The molecule has 0 bridgehead atoms. The molecule has 0 amide bonds. The maximum Gasteiger partial charge on any atom is 0.339 e. The van der Waals surface area contributed by atoms with E-state index in [1.807, 2.05) is 35.7 Å². The van der Waals surface area contributed by atoms with Gasteiger partial charge in [-0.3, -0.25) is 0 Å². The molecule has 0 atom stereocenters. The Balaban J connectivity index is 2.46. The van der Waals surface area contributed by atoms with Crippen molar-refractivity contribution in [1.82, 2.24) is 0 Å². The average molecular weight is 242 g/mol. The van der Waals surface area contributed by atoms with Gasteiger partial charge in [-0.05, 0) is 21.9 Å². The number of carbonyl (C=O) groups excluding carboxylic acids is 1. The second-order valence-corrected chi connectivity index (χ2v) is 4.55. The Kier molecular flexibility index (Phi) is 2.34. The number of hydrogen-bond acceptors (Lipinski definition) is 3. The third kappa shape index (κ3) is 1.43. The minimum atomic E-state index is -0.269. The monoisotopic (exact) mass is 242 g/mol. The van der Waals surface area contributed by atoms with E-state index in [0.29, 0.717) is 5.56 Å². The summed E-state index contributed by atoms with van der Waals surface area (Å²) in [6.45, 7) is 0. The Morgan fingerprint density at radius 1 is 1.06 bits per heavy atom. The van der Waals surface area contributed by atoms with Crippen molar-refractivity contribution in [3.8, 4) is 11.1 Å². The Morgan fingerprint density at radius 2 is 1.76 bits per heavy atom. The van der Waals surface area contributed by atoms with Gasteiger partial charge in [0.05, 0.1) is 12.7 Å². The highest BCUT2D eigenvalue weighted by atomic mass is 32.1. The zero-order valence-corrected chi connectivity index (χ0v) is 10.1. The number of esters is 1. The van der Waals surface area contributed by atoms with Crippen molar-refractivity contribution in [2.24, 2.45) is 0 Å². The third-order valence-corrected chi connectivity index (χ3v) is 3.66. The molecule has 1 aromatic rings. The summed E-state index contributed by atoms with van der Waals surface area (Å²) in [4.78, 5) is 11.9. The van der Waals surface area contributed by atoms with Gasteiger partial charge in [-0.2, -0.15) is 11.3 Å². The lowest BCUT2D eigenvalue weighted by atomic mass is 10.1. The molecular weight excluding hydrogens is 232 g/mol. The van der Waals surface area contributed by atoms with E-state index in [9.17, 15) is 4.79 Å². The van der Waals surface area contributed by atoms with Crippen LogP contribution in [0.1, 0.15) is 10.4 Å². The first kappa shape index (κ1) is 10.3. The quantitative estimate of drug-likeness (QED) is 0.607. The molecule has 0 spiro atoms. The van der Waals surface area contributed by atoms with Gasteiger partial charge in [0, 0.05) is 10.8 Å². The van der Waals surface area contributed by atoms with Gasteiger partial charge in [-0.25, -0.2) is 4.79 Å². The topological polar surface area (TPSA) is 26.3 Å². The van der Waals surface area contributed by atoms with E-state index in [1.54, 1.807) is 11.3 Å². The number of ether oxygens (including phenoxy) is 1. The van der Waals surface area contributed by atoms with Gasteiger partial charge >= 0.3 is 5.97 Å². The molecule has 1 aromatic heterocycles. The second kappa shape index (κ2) is 3.86. The first-order valence-corrected chi connectivity index (χ1v) is 6.22. The molecule has 3 rings (SSSR count). The molecule has 84 valence electrons. The fourth-order valence-corrected chi connectivity index (χ4v) is 3.01. The molecule has 1 heterocycles. The molecule has 0 aromatic carbocycles. The van der Waals surface area contributed by atoms with Crippen LogP contribution < -0.4 is 0 Å². The number of methoxy groups -OCH3 is 1. The molecule has 0 fully saturated rings. The van der Waals surface area contributed by atoms with Crippen LogP contribution >= 0.6 is 11.3 Å². The van der Waals surface area contributed by atoms with Crippen molar-refractivity contribution in [2.45, 2.75) is 0 Å². The van der Waals surface area contributed by atoms with Gasteiger partial charge < -0.3 is 4.74 Å². The van der Waals surface area contributed by atoms with E-state index >= 15 is 0 Å². The van der Waals surface area contributed by atoms with Crippen molar-refractivity contribution in [3.63, 3.8) is 0 Å². The molecule has 0 aliphatic heterocycles. The maximum atomic E-state index is 11.9. The maximum absolute atomic E-state index is 11.9. The predicted molar refractivity (Wildman–Crippen MR) is 69.8 cm³/mol. The molecule has 2 aliphatic rings. The van der Waals surface area contributed by atoms with Crippen molar-refractivity contribution in [3.05, 3.63) is 46.7 Å². The smallest absolute Gasteiger partial charge is 0.339 e. The van der Waals surface area contributed by atoms with Gasteiger partial charge in [0.2, 0.25) is 0 Å². The summed E-state index contributed by atoms with van der Waals surface area (Å²) in [6.07, 6.45) is 0. The molecule has 0 N–H and O–H groups in total. The minimum absolute atomic E-state index is 0.269. The fraction of sp³-hybridized carbons (Fsp3) is 0.0714. The highest BCUT2D eigenvalue weighted by Gasteiger charge is 2.22. The van der Waals surface area contributed by atoms with Crippen molar-refractivity contribution >= 4 is 28.1 Å². The molecule has 2 nitrogen and oxygen atoms in total. The summed E-state index contributed by atoms with van der Waals surface area (Å²) in [5.74, 6) is -0.269. The first-order valence-electron chi connectivity index (χ1n) is 5.28. The Hall–Kier alpha value is -1.87. The Bertz CT molecular complexity index is 669. The van der Waals surface area contributed by atoms with Gasteiger partial charge in [-0.1, -0.05) is 30.3 Å². The summed E-state index contributed by atoms with van der Waals surface area (Å²) < 4.78 is 4.88. The van der Waals surface area contributed by atoms with Crippen LogP contribution in [0, 0.1) is 0 Å². The summed E-state index contributed by atoms with van der Waals surface area (Å²) >= 11 is 1.61. The molecule has 3 heteroatoms. The SMILES string of the molecule is COC(=O)c1c2cccccc-2c2cscc12. The number of thiophene rings is 1. The van der Waals surface area contributed by atoms with Crippen LogP contribution in [-0.4, -0.2) is 13.1 Å². The van der Waals surface area contributed by atoms with E-state index in [1.165, 1.54) is 7.11 Å². The number of carbonyl (C=O) groups is 1. The normalized spacial score (nSPS) is 10.9. The zero-order chi connectivity index (χ0) is 11.8. The summed E-state index contributed by atoms with van der Waals surface area (Å²) in [6, 6.07) is 9.89. The van der Waals surface area contributed by atoms with Crippen LogP contribution in [0.25, 0.3) is 21.9 Å². The molecule has 0 radical (unpaired) electrons. The highest BCUT2D eigenvalue weighted by molar-refractivity contribution is 7.09. The third-order valence-electron chi connectivity index (χ3n) is 2.92. The molecule has 0 unspecified atom stereocenters. The average Bonchev–Trinajstić information content (AvgIpc) is 2.82. The van der Waals surface area contributed by atoms with Crippen LogP contribution in [0.5, 0.6) is 0 Å². The molecule has 2 aliphatic carbocycles. The van der Waals surface area contributed by atoms with E-state index < -0.39 is 0 Å². The van der Waals surface area contributed by atoms with Crippen LogP contribution in [0.2, 0.25) is 0 Å². The zero-order valence-electron chi connectivity index (χ0n) is 9.27. The lowest BCUT2D eigenvalue weighted by Gasteiger charge is -1.99. The van der Waals surface area contributed by atoms with E-state index in [2.05, 4.69) is 5.38 Å².